The summed E-state index contributed by atoms with van der Waals surface area (Å²) in [5.74, 6) is -0.622. The maximum atomic E-state index is 12.2. The topological polar surface area (TPSA) is 78.5 Å². The minimum Gasteiger partial charge on any atom is -0.343 e. The first-order valence-electron chi connectivity index (χ1n) is 7.93. The standard InChI is InChI=1S/C17H23N3O3/c1-4-20(5-2)17(23)15-10-14(15)16(22)19-13-8-6-12(7-9-13)18-11(3)21/h6-9,14-15H,4-5,10H2,1-3H3,(H,18,21)(H,19,22). The van der Waals surface area contributed by atoms with Crippen molar-refractivity contribution in [2.75, 3.05) is 23.7 Å². The van der Waals surface area contributed by atoms with Crippen LogP contribution < -0.4 is 10.6 Å². The highest BCUT2D eigenvalue weighted by Gasteiger charge is 2.49. The van der Waals surface area contributed by atoms with Gasteiger partial charge in [-0.3, -0.25) is 14.4 Å². The molecule has 1 aliphatic carbocycles. The van der Waals surface area contributed by atoms with Gasteiger partial charge in [0, 0.05) is 31.4 Å². The summed E-state index contributed by atoms with van der Waals surface area (Å²) in [6, 6.07) is 6.91. The second kappa shape index (κ2) is 7.26. The number of hydrogen-bond acceptors (Lipinski definition) is 3. The first kappa shape index (κ1) is 17.0. The van der Waals surface area contributed by atoms with Crippen molar-refractivity contribution in [1.29, 1.82) is 0 Å². The molecule has 1 aromatic carbocycles. The number of carbonyl (C=O) groups excluding carboxylic acids is 3. The van der Waals surface area contributed by atoms with E-state index < -0.39 is 0 Å². The van der Waals surface area contributed by atoms with E-state index in [0.717, 1.165) is 0 Å². The van der Waals surface area contributed by atoms with Crippen LogP contribution in [-0.2, 0) is 14.4 Å². The van der Waals surface area contributed by atoms with Crippen LogP contribution in [0.5, 0.6) is 0 Å². The van der Waals surface area contributed by atoms with Crippen LogP contribution in [0.2, 0.25) is 0 Å². The minimum absolute atomic E-state index is 0.0659. The molecule has 0 saturated heterocycles. The molecule has 2 N–H and O–H groups in total. The summed E-state index contributed by atoms with van der Waals surface area (Å²) in [5, 5.41) is 5.49. The van der Waals surface area contributed by atoms with E-state index in [1.165, 1.54) is 6.92 Å². The van der Waals surface area contributed by atoms with Gasteiger partial charge in [-0.2, -0.15) is 0 Å². The van der Waals surface area contributed by atoms with E-state index in [4.69, 9.17) is 0 Å². The molecule has 2 atom stereocenters. The van der Waals surface area contributed by atoms with Gasteiger partial charge in [-0.25, -0.2) is 0 Å². The Kier molecular flexibility index (Phi) is 5.36. The fourth-order valence-electron chi connectivity index (χ4n) is 2.60. The Morgan fingerprint density at radius 2 is 1.52 bits per heavy atom. The van der Waals surface area contributed by atoms with Crippen LogP contribution in [0.1, 0.15) is 27.2 Å². The smallest absolute Gasteiger partial charge is 0.228 e. The van der Waals surface area contributed by atoms with Gasteiger partial charge in [0.15, 0.2) is 0 Å². The Balaban J connectivity index is 1.88. The van der Waals surface area contributed by atoms with E-state index in [1.807, 2.05) is 13.8 Å². The fourth-order valence-corrected chi connectivity index (χ4v) is 2.60. The van der Waals surface area contributed by atoms with Gasteiger partial charge < -0.3 is 15.5 Å². The number of anilines is 2. The van der Waals surface area contributed by atoms with Gasteiger partial charge in [-0.1, -0.05) is 0 Å². The number of benzene rings is 1. The number of carbonyl (C=O) groups is 3. The molecule has 6 nitrogen and oxygen atoms in total. The van der Waals surface area contributed by atoms with Crippen molar-refractivity contribution in [3.63, 3.8) is 0 Å². The van der Waals surface area contributed by atoms with E-state index in [1.54, 1.807) is 29.2 Å². The Morgan fingerprint density at radius 1 is 1.00 bits per heavy atom. The highest BCUT2D eigenvalue weighted by atomic mass is 16.2. The summed E-state index contributed by atoms with van der Waals surface area (Å²) in [4.78, 5) is 37.1. The zero-order valence-electron chi connectivity index (χ0n) is 13.8. The van der Waals surface area contributed by atoms with Crippen LogP contribution in [0.4, 0.5) is 11.4 Å². The van der Waals surface area contributed by atoms with Gasteiger partial charge in [0.25, 0.3) is 0 Å². The molecular weight excluding hydrogens is 294 g/mol. The lowest BCUT2D eigenvalue weighted by molar-refractivity contribution is -0.133. The van der Waals surface area contributed by atoms with Crippen molar-refractivity contribution in [2.24, 2.45) is 11.8 Å². The average molecular weight is 317 g/mol. The molecule has 2 unspecified atom stereocenters. The van der Waals surface area contributed by atoms with Gasteiger partial charge in [0.1, 0.15) is 0 Å². The molecule has 0 heterocycles. The summed E-state index contributed by atoms with van der Waals surface area (Å²) in [7, 11) is 0. The average Bonchev–Trinajstić information content (AvgIpc) is 3.30. The van der Waals surface area contributed by atoms with Gasteiger partial charge in [-0.15, -0.1) is 0 Å². The SMILES string of the molecule is CCN(CC)C(=O)C1CC1C(=O)Nc1ccc(NC(C)=O)cc1. The number of nitrogens with zero attached hydrogens (tertiary/aromatic N) is 1. The molecule has 124 valence electrons. The van der Waals surface area contributed by atoms with Crippen LogP contribution in [0.25, 0.3) is 0 Å². The molecule has 0 aromatic heterocycles. The highest BCUT2D eigenvalue weighted by molar-refractivity contribution is 5.99. The van der Waals surface area contributed by atoms with Crippen LogP contribution in [-0.4, -0.2) is 35.7 Å². The van der Waals surface area contributed by atoms with Crippen LogP contribution in [0.3, 0.4) is 0 Å². The van der Waals surface area contributed by atoms with Crippen molar-refractivity contribution in [3.05, 3.63) is 24.3 Å². The van der Waals surface area contributed by atoms with E-state index >= 15 is 0 Å². The predicted octanol–water partition coefficient (Wildman–Crippen LogP) is 2.09. The molecule has 1 saturated carbocycles. The van der Waals surface area contributed by atoms with E-state index in [2.05, 4.69) is 10.6 Å². The number of rotatable bonds is 6. The number of hydrogen-bond donors (Lipinski definition) is 2. The Labute approximate surface area is 136 Å². The molecule has 1 fully saturated rings. The third-order valence-electron chi connectivity index (χ3n) is 3.99. The quantitative estimate of drug-likeness (QED) is 0.843. The number of nitrogens with one attached hydrogen (secondary N) is 2. The summed E-state index contributed by atoms with van der Waals surface area (Å²) in [6.45, 7) is 6.66. The molecule has 0 radical (unpaired) electrons. The zero-order chi connectivity index (χ0) is 17.0. The molecule has 1 aliphatic rings. The Hall–Kier alpha value is -2.37. The van der Waals surface area contributed by atoms with Crippen molar-refractivity contribution in [1.82, 2.24) is 4.90 Å². The summed E-state index contributed by atoms with van der Waals surface area (Å²) in [5.41, 5.74) is 1.33. The lowest BCUT2D eigenvalue weighted by Crippen LogP contribution is -2.33. The molecule has 0 spiro atoms. The molecular formula is C17H23N3O3. The summed E-state index contributed by atoms with van der Waals surface area (Å²) < 4.78 is 0. The third kappa shape index (κ3) is 4.31. The van der Waals surface area contributed by atoms with Gasteiger partial charge in [0.2, 0.25) is 17.7 Å². The molecule has 0 aliphatic heterocycles. The molecule has 3 amide bonds. The molecule has 1 aromatic rings. The normalized spacial score (nSPS) is 18.9. The van der Waals surface area contributed by atoms with Crippen LogP contribution in [0.15, 0.2) is 24.3 Å². The number of amides is 3. The predicted molar refractivity (Wildman–Crippen MR) is 88.9 cm³/mol. The van der Waals surface area contributed by atoms with Crippen LogP contribution in [0, 0.1) is 11.8 Å². The summed E-state index contributed by atoms with van der Waals surface area (Å²) >= 11 is 0. The lowest BCUT2D eigenvalue weighted by atomic mass is 10.2. The van der Waals surface area contributed by atoms with Gasteiger partial charge >= 0.3 is 0 Å². The Bertz CT molecular complexity index is 594. The second-order valence-corrected chi connectivity index (χ2v) is 5.71. The van der Waals surface area contributed by atoms with Gasteiger partial charge in [-0.05, 0) is 44.5 Å². The maximum absolute atomic E-state index is 12.2. The third-order valence-corrected chi connectivity index (χ3v) is 3.99. The minimum atomic E-state index is -0.238. The molecule has 2 rings (SSSR count). The van der Waals surface area contributed by atoms with Gasteiger partial charge in [0.05, 0.1) is 11.8 Å². The molecule has 23 heavy (non-hydrogen) atoms. The first-order chi connectivity index (χ1) is 11.0. The zero-order valence-corrected chi connectivity index (χ0v) is 13.8. The lowest BCUT2D eigenvalue weighted by Gasteiger charge is -2.18. The second-order valence-electron chi connectivity index (χ2n) is 5.71. The van der Waals surface area contributed by atoms with Crippen molar-refractivity contribution < 1.29 is 14.4 Å². The highest BCUT2D eigenvalue weighted by Crippen LogP contribution is 2.40. The van der Waals surface area contributed by atoms with E-state index in [0.29, 0.717) is 30.9 Å². The maximum Gasteiger partial charge on any atom is 0.228 e. The monoisotopic (exact) mass is 317 g/mol. The van der Waals surface area contributed by atoms with Crippen LogP contribution >= 0.6 is 0 Å². The summed E-state index contributed by atoms with van der Waals surface area (Å²) in [6.07, 6.45) is 0.616. The van der Waals surface area contributed by atoms with E-state index in [-0.39, 0.29) is 29.6 Å². The molecule has 6 heteroatoms. The largest absolute Gasteiger partial charge is 0.343 e. The van der Waals surface area contributed by atoms with Crippen molar-refractivity contribution in [2.45, 2.75) is 27.2 Å². The van der Waals surface area contributed by atoms with E-state index in [9.17, 15) is 14.4 Å². The fraction of sp³-hybridized carbons (Fsp3) is 0.471. The van der Waals surface area contributed by atoms with Crippen molar-refractivity contribution >= 4 is 29.1 Å². The van der Waals surface area contributed by atoms with Crippen molar-refractivity contribution in [3.8, 4) is 0 Å². The Morgan fingerprint density at radius 3 is 2.00 bits per heavy atom. The first-order valence-corrected chi connectivity index (χ1v) is 7.93. The molecule has 0 bridgehead atoms.